The van der Waals surface area contributed by atoms with Crippen molar-refractivity contribution in [1.29, 1.82) is 0 Å². The minimum atomic E-state index is 0.0470. The van der Waals surface area contributed by atoms with Gasteiger partial charge in [-0.3, -0.25) is 9.78 Å². The van der Waals surface area contributed by atoms with Gasteiger partial charge in [-0.25, -0.2) is 9.97 Å². The van der Waals surface area contributed by atoms with Crippen molar-refractivity contribution >= 4 is 22.9 Å². The second-order valence-corrected chi connectivity index (χ2v) is 4.50. The van der Waals surface area contributed by atoms with Gasteiger partial charge in [0, 0.05) is 18.8 Å². The molecule has 4 rings (SSSR count). The van der Waals surface area contributed by atoms with Gasteiger partial charge in [0.1, 0.15) is 5.69 Å². The summed E-state index contributed by atoms with van der Waals surface area (Å²) in [6.07, 6.45) is 7.62. The van der Waals surface area contributed by atoms with Gasteiger partial charge in [0.05, 0.1) is 16.7 Å². The number of Topliss-reactive ketones (excluding diaryl/α,β-unsaturated/α-hetero) is 1. The molecule has 0 aliphatic heterocycles. The van der Waals surface area contributed by atoms with Crippen LogP contribution >= 0.6 is 0 Å². The number of ketones is 1. The zero-order valence-electron chi connectivity index (χ0n) is 11.3. The molecule has 21 heavy (non-hydrogen) atoms. The van der Waals surface area contributed by atoms with Crippen LogP contribution in [0.2, 0.25) is 0 Å². The van der Waals surface area contributed by atoms with Gasteiger partial charge in [-0.15, -0.1) is 0 Å². The first-order valence-corrected chi connectivity index (χ1v) is 6.66. The largest absolute Gasteiger partial charge is 0.292 e. The zero-order chi connectivity index (χ0) is 14.5. The monoisotopic (exact) mass is 275 g/mol. The Morgan fingerprint density at radius 3 is 2.19 bits per heavy atom. The van der Waals surface area contributed by atoms with Crippen molar-refractivity contribution in [2.24, 2.45) is 0 Å². The van der Waals surface area contributed by atoms with E-state index in [2.05, 4.69) is 15.0 Å². The van der Waals surface area contributed by atoms with Gasteiger partial charge in [-0.2, -0.15) is 0 Å². The number of aromatic nitrogens is 3. The third-order valence-corrected chi connectivity index (χ3v) is 3.01. The summed E-state index contributed by atoms with van der Waals surface area (Å²) in [5, 5.41) is 0. The summed E-state index contributed by atoms with van der Waals surface area (Å²) >= 11 is 0. The van der Waals surface area contributed by atoms with Crippen LogP contribution in [-0.4, -0.2) is 20.7 Å². The van der Waals surface area contributed by atoms with Crippen LogP contribution < -0.4 is 0 Å². The number of allylic oxidation sites excluding steroid dienone is 1. The van der Waals surface area contributed by atoms with Crippen LogP contribution in [0.5, 0.6) is 0 Å². The SMILES string of the molecule is O=C1CC=Cc2nc3ccccc3nc21.c1ccncc1. The van der Waals surface area contributed by atoms with E-state index >= 15 is 0 Å². The van der Waals surface area contributed by atoms with E-state index in [4.69, 9.17) is 0 Å². The molecule has 1 aliphatic carbocycles. The van der Waals surface area contributed by atoms with E-state index in [1.165, 1.54) is 0 Å². The van der Waals surface area contributed by atoms with Gasteiger partial charge >= 0.3 is 0 Å². The Hall–Kier alpha value is -2.88. The molecule has 4 nitrogen and oxygen atoms in total. The normalized spacial score (nSPS) is 12.5. The van der Waals surface area contributed by atoms with Gasteiger partial charge in [-0.1, -0.05) is 24.3 Å². The number of rotatable bonds is 0. The van der Waals surface area contributed by atoms with Crippen LogP contribution in [0.1, 0.15) is 22.6 Å². The highest BCUT2D eigenvalue weighted by Gasteiger charge is 2.16. The van der Waals surface area contributed by atoms with Crippen molar-refractivity contribution in [3.05, 3.63) is 72.3 Å². The van der Waals surface area contributed by atoms with Crippen LogP contribution in [0, 0.1) is 0 Å². The molecular weight excluding hydrogens is 262 g/mol. The van der Waals surface area contributed by atoms with E-state index in [0.717, 1.165) is 11.0 Å². The molecule has 2 aromatic heterocycles. The van der Waals surface area contributed by atoms with Crippen molar-refractivity contribution in [2.75, 3.05) is 0 Å². The summed E-state index contributed by atoms with van der Waals surface area (Å²) in [4.78, 5) is 24.1. The lowest BCUT2D eigenvalue weighted by Gasteiger charge is -2.08. The van der Waals surface area contributed by atoms with Gasteiger partial charge in [-0.05, 0) is 30.3 Å². The first kappa shape index (κ1) is 13.1. The fourth-order valence-corrected chi connectivity index (χ4v) is 2.02. The van der Waals surface area contributed by atoms with E-state index in [1.807, 2.05) is 54.6 Å². The molecule has 3 aromatic rings. The molecule has 2 heterocycles. The minimum Gasteiger partial charge on any atom is -0.292 e. The number of carbonyl (C=O) groups excluding carboxylic acids is 1. The lowest BCUT2D eigenvalue weighted by atomic mass is 10.1. The van der Waals surface area contributed by atoms with Crippen LogP contribution in [0.3, 0.4) is 0 Å². The third kappa shape index (κ3) is 3.00. The molecule has 0 radical (unpaired) electrons. The van der Waals surface area contributed by atoms with Crippen molar-refractivity contribution < 1.29 is 4.79 Å². The average Bonchev–Trinajstić information content (AvgIpc) is 2.56. The molecule has 4 heteroatoms. The lowest BCUT2D eigenvalue weighted by molar-refractivity contribution is 0.0989. The topological polar surface area (TPSA) is 55.7 Å². The van der Waals surface area contributed by atoms with Crippen molar-refractivity contribution in [3.8, 4) is 0 Å². The van der Waals surface area contributed by atoms with Crippen LogP contribution in [0.4, 0.5) is 0 Å². The van der Waals surface area contributed by atoms with Crippen molar-refractivity contribution in [3.63, 3.8) is 0 Å². The van der Waals surface area contributed by atoms with Crippen molar-refractivity contribution in [1.82, 2.24) is 15.0 Å². The highest BCUT2D eigenvalue weighted by molar-refractivity contribution is 6.01. The maximum absolute atomic E-state index is 11.6. The second-order valence-electron chi connectivity index (χ2n) is 4.50. The second kappa shape index (κ2) is 6.05. The fraction of sp³-hybridized carbons (Fsp3) is 0.0588. The number of pyridine rings is 1. The predicted octanol–water partition coefficient (Wildman–Crippen LogP) is 3.31. The predicted molar refractivity (Wildman–Crippen MR) is 81.8 cm³/mol. The number of carbonyl (C=O) groups is 1. The van der Waals surface area contributed by atoms with Crippen molar-refractivity contribution in [2.45, 2.75) is 6.42 Å². The van der Waals surface area contributed by atoms with Crippen LogP contribution in [0.25, 0.3) is 17.1 Å². The standard InChI is InChI=1S/C12H8N2O.C5H5N/c15-11-7-3-6-10-12(11)14-9-5-2-1-4-8(9)13-10;1-2-4-6-5-3-1/h1-6H,7H2;1-5H. The molecule has 0 unspecified atom stereocenters. The summed E-state index contributed by atoms with van der Waals surface area (Å²) in [5.41, 5.74) is 2.79. The quantitative estimate of drug-likeness (QED) is 0.631. The molecule has 102 valence electrons. The Labute approximate surface area is 122 Å². The Bertz CT molecular complexity index is 771. The van der Waals surface area contributed by atoms with E-state index in [0.29, 0.717) is 17.8 Å². The molecular formula is C17H13N3O. The molecule has 0 spiro atoms. The Kier molecular flexibility index (Phi) is 3.78. The summed E-state index contributed by atoms with van der Waals surface area (Å²) in [6, 6.07) is 13.3. The molecule has 0 amide bonds. The van der Waals surface area contributed by atoms with E-state index in [9.17, 15) is 4.79 Å². The maximum Gasteiger partial charge on any atom is 0.187 e. The zero-order valence-corrected chi connectivity index (χ0v) is 11.3. The smallest absolute Gasteiger partial charge is 0.187 e. The number of fused-ring (bicyclic) bond motifs is 2. The minimum absolute atomic E-state index is 0.0470. The molecule has 1 aromatic carbocycles. The molecule has 0 atom stereocenters. The highest BCUT2D eigenvalue weighted by Crippen LogP contribution is 2.18. The number of benzene rings is 1. The first-order chi connectivity index (χ1) is 10.3. The summed E-state index contributed by atoms with van der Waals surface area (Å²) in [7, 11) is 0. The van der Waals surface area contributed by atoms with Crippen LogP contribution in [-0.2, 0) is 0 Å². The average molecular weight is 275 g/mol. The number of para-hydroxylation sites is 2. The van der Waals surface area contributed by atoms with Gasteiger partial charge < -0.3 is 0 Å². The summed E-state index contributed by atoms with van der Waals surface area (Å²) in [6.45, 7) is 0. The summed E-state index contributed by atoms with van der Waals surface area (Å²) in [5.74, 6) is 0.0470. The van der Waals surface area contributed by atoms with E-state index in [-0.39, 0.29) is 5.78 Å². The Morgan fingerprint density at radius 2 is 1.57 bits per heavy atom. The first-order valence-electron chi connectivity index (χ1n) is 6.66. The van der Waals surface area contributed by atoms with Gasteiger partial charge in [0.25, 0.3) is 0 Å². The number of nitrogens with zero attached hydrogens (tertiary/aromatic N) is 3. The van der Waals surface area contributed by atoms with E-state index < -0.39 is 0 Å². The van der Waals surface area contributed by atoms with E-state index in [1.54, 1.807) is 12.4 Å². The highest BCUT2D eigenvalue weighted by atomic mass is 16.1. The molecule has 0 N–H and O–H groups in total. The van der Waals surface area contributed by atoms with Crippen LogP contribution in [0.15, 0.2) is 60.9 Å². The third-order valence-electron chi connectivity index (χ3n) is 3.01. The molecule has 1 aliphatic rings. The van der Waals surface area contributed by atoms with Gasteiger partial charge in [0.15, 0.2) is 5.78 Å². The fourth-order valence-electron chi connectivity index (χ4n) is 2.02. The number of hydrogen-bond donors (Lipinski definition) is 0. The molecule has 0 saturated heterocycles. The maximum atomic E-state index is 11.6. The Balaban J connectivity index is 0.000000186. The molecule has 0 bridgehead atoms. The summed E-state index contributed by atoms with van der Waals surface area (Å²) < 4.78 is 0. The number of hydrogen-bond acceptors (Lipinski definition) is 4. The van der Waals surface area contributed by atoms with Gasteiger partial charge in [0.2, 0.25) is 0 Å². The Morgan fingerprint density at radius 1 is 0.857 bits per heavy atom. The molecule has 0 fully saturated rings. The lowest BCUT2D eigenvalue weighted by Crippen LogP contribution is -2.09. The molecule has 0 saturated carbocycles.